The third-order valence-electron chi connectivity index (χ3n) is 9.59. The predicted molar refractivity (Wildman–Crippen MR) is 213 cm³/mol. The van der Waals surface area contributed by atoms with Gasteiger partial charge in [0.15, 0.2) is 0 Å². The van der Waals surface area contributed by atoms with E-state index < -0.39 is 0 Å². The van der Waals surface area contributed by atoms with E-state index in [0.29, 0.717) is 0 Å². The van der Waals surface area contributed by atoms with Gasteiger partial charge in [-0.25, -0.2) is 0 Å². The SMILES string of the molecule is CCCCCCCCCCc1ccc2cc(SC)c(C=Cc3cc4cc(CCCCCCCCCC)ccc4cc3SC)cc2c1. The summed E-state index contributed by atoms with van der Waals surface area (Å²) in [6, 6.07) is 23.8. The van der Waals surface area contributed by atoms with Crippen LogP contribution in [0.15, 0.2) is 70.5 Å². The van der Waals surface area contributed by atoms with Crippen LogP contribution in [0.5, 0.6) is 0 Å². The highest BCUT2D eigenvalue weighted by atomic mass is 32.2. The Hall–Kier alpha value is -2.16. The summed E-state index contributed by atoms with van der Waals surface area (Å²) in [7, 11) is 0. The monoisotopic (exact) mass is 652 g/mol. The lowest BCUT2D eigenvalue weighted by atomic mass is 9.99. The molecule has 0 aliphatic heterocycles. The molecule has 0 saturated heterocycles. The van der Waals surface area contributed by atoms with Crippen LogP contribution in [0.2, 0.25) is 0 Å². The molecule has 0 N–H and O–H groups in total. The van der Waals surface area contributed by atoms with Gasteiger partial charge in [-0.1, -0.05) is 152 Å². The molecule has 0 radical (unpaired) electrons. The molecule has 4 aromatic carbocycles. The highest BCUT2D eigenvalue weighted by molar-refractivity contribution is 7.99. The maximum Gasteiger partial charge on any atom is 0.0148 e. The van der Waals surface area contributed by atoms with Gasteiger partial charge >= 0.3 is 0 Å². The third kappa shape index (κ3) is 11.8. The quantitative estimate of drug-likeness (QED) is 0.0471. The van der Waals surface area contributed by atoms with Crippen molar-refractivity contribution in [3.8, 4) is 0 Å². The second-order valence-corrected chi connectivity index (χ2v) is 15.0. The smallest absolute Gasteiger partial charge is 0.0148 e. The maximum atomic E-state index is 2.44. The summed E-state index contributed by atoms with van der Waals surface area (Å²) in [5.41, 5.74) is 5.60. The fourth-order valence-corrected chi connectivity index (χ4v) is 7.93. The number of thioether (sulfide) groups is 2. The van der Waals surface area contributed by atoms with Crippen molar-refractivity contribution in [1.29, 1.82) is 0 Å². The predicted octanol–water partition coefficient (Wildman–Crippen LogP) is 15.0. The third-order valence-corrected chi connectivity index (χ3v) is 11.2. The Kier molecular flexibility index (Phi) is 16.7. The fourth-order valence-electron chi connectivity index (χ4n) is 6.72. The minimum atomic E-state index is 1.19. The molecule has 0 unspecified atom stereocenters. The van der Waals surface area contributed by atoms with Gasteiger partial charge in [-0.2, -0.15) is 0 Å². The summed E-state index contributed by atoms with van der Waals surface area (Å²) in [6.07, 6.45) is 33.5. The summed E-state index contributed by atoms with van der Waals surface area (Å²) in [6.45, 7) is 4.59. The molecule has 248 valence electrons. The van der Waals surface area contributed by atoms with Gasteiger partial charge in [-0.15, -0.1) is 23.5 Å². The molecule has 0 heterocycles. The lowest BCUT2D eigenvalue weighted by Gasteiger charge is -2.11. The van der Waals surface area contributed by atoms with Gasteiger partial charge in [-0.05, 0) is 106 Å². The lowest BCUT2D eigenvalue weighted by Crippen LogP contribution is -1.89. The number of hydrogen-bond donors (Lipinski definition) is 0. The lowest BCUT2D eigenvalue weighted by molar-refractivity contribution is 0.575. The standard InChI is InChI=1S/C44H60S2/c1-5-7-9-11-13-15-17-19-21-35-23-25-37-33-43(45-3)39(31-41(37)29-35)27-28-40-32-42-30-36(24-26-38(42)34-44(40)46-4)22-20-18-16-14-12-10-8-6-2/h23-34H,5-22H2,1-4H3. The summed E-state index contributed by atoms with van der Waals surface area (Å²) in [4.78, 5) is 2.69. The van der Waals surface area contributed by atoms with Gasteiger partial charge in [0.2, 0.25) is 0 Å². The van der Waals surface area contributed by atoms with E-state index in [2.05, 4.69) is 99.2 Å². The first kappa shape index (κ1) is 36.7. The van der Waals surface area contributed by atoms with Crippen molar-refractivity contribution in [1.82, 2.24) is 0 Å². The van der Waals surface area contributed by atoms with Gasteiger partial charge in [0.25, 0.3) is 0 Å². The van der Waals surface area contributed by atoms with E-state index in [4.69, 9.17) is 0 Å². The summed E-state index contributed by atoms with van der Waals surface area (Å²) >= 11 is 3.70. The van der Waals surface area contributed by atoms with Crippen LogP contribution in [0.1, 0.15) is 139 Å². The first-order valence-electron chi connectivity index (χ1n) is 18.5. The molecule has 0 aromatic heterocycles. The Bertz CT molecular complexity index is 1380. The van der Waals surface area contributed by atoms with Crippen molar-refractivity contribution in [3.63, 3.8) is 0 Å². The van der Waals surface area contributed by atoms with Gasteiger partial charge < -0.3 is 0 Å². The average molecular weight is 653 g/mol. The van der Waals surface area contributed by atoms with E-state index in [0.717, 1.165) is 0 Å². The molecule has 0 saturated carbocycles. The number of unbranched alkanes of at least 4 members (excludes halogenated alkanes) is 14. The number of rotatable bonds is 22. The molecule has 0 aliphatic carbocycles. The second kappa shape index (κ2) is 20.9. The highest BCUT2D eigenvalue weighted by Crippen LogP contribution is 2.32. The first-order valence-corrected chi connectivity index (χ1v) is 21.0. The highest BCUT2D eigenvalue weighted by Gasteiger charge is 2.07. The molecule has 4 aromatic rings. The van der Waals surface area contributed by atoms with Gasteiger partial charge in [0.05, 0.1) is 0 Å². The zero-order valence-electron chi connectivity index (χ0n) is 29.5. The Morgan fingerprint density at radius 3 is 1.15 bits per heavy atom. The molecule has 0 aliphatic rings. The molecular formula is C44H60S2. The number of aryl methyl sites for hydroxylation is 2. The molecule has 0 atom stereocenters. The normalized spacial score (nSPS) is 11.8. The van der Waals surface area contributed by atoms with Crippen LogP contribution in [-0.4, -0.2) is 12.5 Å². The average Bonchev–Trinajstić information content (AvgIpc) is 3.08. The Labute approximate surface area is 290 Å². The van der Waals surface area contributed by atoms with Gasteiger partial charge in [0, 0.05) is 9.79 Å². The number of hydrogen-bond acceptors (Lipinski definition) is 2. The largest absolute Gasteiger partial charge is 0.129 e. The van der Waals surface area contributed by atoms with Crippen molar-refractivity contribution in [2.75, 3.05) is 12.5 Å². The number of fused-ring (bicyclic) bond motifs is 2. The van der Waals surface area contributed by atoms with Crippen molar-refractivity contribution < 1.29 is 0 Å². The van der Waals surface area contributed by atoms with E-state index >= 15 is 0 Å². The number of benzene rings is 4. The van der Waals surface area contributed by atoms with Crippen LogP contribution in [0.3, 0.4) is 0 Å². The zero-order chi connectivity index (χ0) is 32.4. The van der Waals surface area contributed by atoms with Crippen LogP contribution in [0.4, 0.5) is 0 Å². The Balaban J connectivity index is 1.42. The molecule has 0 nitrogen and oxygen atoms in total. The minimum Gasteiger partial charge on any atom is -0.129 e. The van der Waals surface area contributed by atoms with E-state index in [1.807, 2.05) is 23.5 Å². The molecule has 4 rings (SSSR count). The van der Waals surface area contributed by atoms with Crippen molar-refractivity contribution >= 4 is 57.2 Å². The van der Waals surface area contributed by atoms with Crippen molar-refractivity contribution in [2.45, 2.75) is 139 Å². The summed E-state index contributed by atoms with van der Waals surface area (Å²) in [5.74, 6) is 0. The van der Waals surface area contributed by atoms with E-state index in [1.165, 1.54) is 169 Å². The van der Waals surface area contributed by atoms with Gasteiger partial charge in [0.1, 0.15) is 0 Å². The van der Waals surface area contributed by atoms with Crippen LogP contribution < -0.4 is 0 Å². The molecule has 0 bridgehead atoms. The second-order valence-electron chi connectivity index (χ2n) is 13.3. The maximum absolute atomic E-state index is 2.44. The van der Waals surface area contributed by atoms with Crippen LogP contribution in [0.25, 0.3) is 33.7 Å². The van der Waals surface area contributed by atoms with Crippen molar-refractivity contribution in [2.24, 2.45) is 0 Å². The Morgan fingerprint density at radius 2 is 0.783 bits per heavy atom. The Morgan fingerprint density at radius 1 is 0.413 bits per heavy atom. The van der Waals surface area contributed by atoms with Crippen LogP contribution >= 0.6 is 23.5 Å². The summed E-state index contributed by atoms with van der Waals surface area (Å²) in [5, 5.41) is 5.42. The molecule has 0 fully saturated rings. The van der Waals surface area contributed by atoms with Crippen LogP contribution in [-0.2, 0) is 12.8 Å². The molecular weight excluding hydrogens is 593 g/mol. The first-order chi connectivity index (χ1) is 22.6. The minimum absolute atomic E-state index is 1.19. The molecule has 46 heavy (non-hydrogen) atoms. The molecule has 0 amide bonds. The molecule has 0 spiro atoms. The fraction of sp³-hybridized carbons (Fsp3) is 0.500. The van der Waals surface area contributed by atoms with Crippen LogP contribution in [0, 0.1) is 0 Å². The zero-order valence-corrected chi connectivity index (χ0v) is 31.1. The van der Waals surface area contributed by atoms with E-state index in [-0.39, 0.29) is 0 Å². The van der Waals surface area contributed by atoms with E-state index in [1.54, 1.807) is 0 Å². The van der Waals surface area contributed by atoms with E-state index in [9.17, 15) is 0 Å². The van der Waals surface area contributed by atoms with Gasteiger partial charge in [-0.3, -0.25) is 0 Å². The summed E-state index contributed by atoms with van der Waals surface area (Å²) < 4.78 is 0. The topological polar surface area (TPSA) is 0 Å². The molecule has 2 heteroatoms. The van der Waals surface area contributed by atoms with Crippen molar-refractivity contribution in [3.05, 3.63) is 82.9 Å².